The van der Waals surface area contributed by atoms with Gasteiger partial charge in [0, 0.05) is 18.9 Å². The third kappa shape index (κ3) is 7.75. The minimum absolute atomic E-state index is 0.0134. The molecule has 0 heterocycles. The van der Waals surface area contributed by atoms with E-state index in [-0.39, 0.29) is 34.6 Å². The first kappa shape index (κ1) is 26.1. The van der Waals surface area contributed by atoms with Crippen LogP contribution < -0.4 is 20.1 Å². The van der Waals surface area contributed by atoms with Gasteiger partial charge in [-0.15, -0.1) is 4.99 Å². The number of carbonyl (C=O) groups is 3. The minimum Gasteiger partial charge on any atom is -0.453 e. The molecular weight excluding hydrogens is 472 g/mol. The molecule has 0 bridgehead atoms. The second kappa shape index (κ2) is 12.2. The van der Waals surface area contributed by atoms with E-state index in [4.69, 9.17) is 8.92 Å². The van der Waals surface area contributed by atoms with Gasteiger partial charge in [-0.3, -0.25) is 10.1 Å². The van der Waals surface area contributed by atoms with E-state index in [1.807, 2.05) is 0 Å². The van der Waals surface area contributed by atoms with Crippen molar-refractivity contribution in [1.29, 1.82) is 0 Å². The molecule has 3 amide bonds. The zero-order valence-corrected chi connectivity index (χ0v) is 19.2. The van der Waals surface area contributed by atoms with Crippen LogP contribution in [-0.4, -0.2) is 60.4 Å². The normalized spacial score (nSPS) is 11.2. The van der Waals surface area contributed by atoms with Gasteiger partial charge in [-0.1, -0.05) is 18.2 Å². The predicted octanol–water partition coefficient (Wildman–Crippen LogP) is 1.93. The van der Waals surface area contributed by atoms with Crippen molar-refractivity contribution in [2.24, 2.45) is 4.99 Å². The third-order valence-corrected chi connectivity index (χ3v) is 5.06. The largest absolute Gasteiger partial charge is 0.453 e. The number of guanidine groups is 1. The number of hydrogen-bond donors (Lipinski definition) is 3. The fourth-order valence-electron chi connectivity index (χ4n) is 2.35. The van der Waals surface area contributed by atoms with Crippen LogP contribution in [0.4, 0.5) is 21.0 Å². The Labute approximate surface area is 195 Å². The lowest BCUT2D eigenvalue weighted by molar-refractivity contribution is -0.119. The summed E-state index contributed by atoms with van der Waals surface area (Å²) < 4.78 is 44.4. The van der Waals surface area contributed by atoms with Crippen molar-refractivity contribution in [2.75, 3.05) is 38.6 Å². The maximum atomic E-state index is 12.7. The van der Waals surface area contributed by atoms with Gasteiger partial charge in [-0.2, -0.15) is 8.42 Å². The Morgan fingerprint density at radius 2 is 1.65 bits per heavy atom. The van der Waals surface area contributed by atoms with Crippen LogP contribution in [0.15, 0.2) is 58.4 Å². The zero-order chi connectivity index (χ0) is 25.1. The molecule has 2 rings (SSSR count). The Morgan fingerprint density at radius 3 is 2.26 bits per heavy atom. The summed E-state index contributed by atoms with van der Waals surface area (Å²) in [5.74, 6) is -1.22. The molecule has 13 nitrogen and oxygen atoms in total. The lowest BCUT2D eigenvalue weighted by atomic mass is 10.2. The predicted molar refractivity (Wildman–Crippen MR) is 120 cm³/mol. The van der Waals surface area contributed by atoms with Gasteiger partial charge in [0.2, 0.25) is 11.9 Å². The van der Waals surface area contributed by atoms with E-state index in [0.717, 1.165) is 14.2 Å². The van der Waals surface area contributed by atoms with Crippen molar-refractivity contribution in [1.82, 2.24) is 5.32 Å². The standard InChI is InChI=1S/C20H22N4O9S/c1-30-12-17(25)22-15-10-9-13(21-18(23-19(26)31-2)24-20(27)32-3)11-16(15)33-34(28,29)14-7-5-4-6-8-14/h4-11H,12H2,1-3H3,(H,22,25)(H2,21,23,24,26,27). The van der Waals surface area contributed by atoms with E-state index >= 15 is 0 Å². The van der Waals surface area contributed by atoms with E-state index in [0.29, 0.717) is 0 Å². The minimum atomic E-state index is -4.28. The second-order valence-electron chi connectivity index (χ2n) is 6.21. The lowest BCUT2D eigenvalue weighted by Gasteiger charge is -2.15. The molecule has 182 valence electrons. The molecule has 0 unspecified atom stereocenters. The molecular formula is C20H22N4O9S. The van der Waals surface area contributed by atoms with E-state index < -0.39 is 28.2 Å². The Morgan fingerprint density at radius 1 is 0.941 bits per heavy atom. The van der Waals surface area contributed by atoms with Crippen LogP contribution in [0.3, 0.4) is 0 Å². The summed E-state index contributed by atoms with van der Waals surface area (Å²) in [4.78, 5) is 38.5. The molecule has 0 spiro atoms. The molecule has 2 aromatic rings. The fourth-order valence-corrected chi connectivity index (χ4v) is 3.31. The van der Waals surface area contributed by atoms with Gasteiger partial charge in [-0.05, 0) is 24.3 Å². The molecule has 0 aliphatic rings. The van der Waals surface area contributed by atoms with Crippen molar-refractivity contribution in [3.63, 3.8) is 0 Å². The SMILES string of the molecule is COCC(=O)Nc1ccc(NC(=NC(=O)OC)NC(=O)OC)cc1OS(=O)(=O)c1ccccc1. The maximum absolute atomic E-state index is 12.7. The average molecular weight is 494 g/mol. The highest BCUT2D eigenvalue weighted by molar-refractivity contribution is 7.87. The van der Waals surface area contributed by atoms with Crippen molar-refractivity contribution < 1.29 is 41.2 Å². The molecule has 14 heteroatoms. The number of methoxy groups -OCH3 is 3. The summed E-state index contributed by atoms with van der Waals surface area (Å²) >= 11 is 0. The number of alkyl carbamates (subject to hydrolysis) is 1. The molecule has 0 aromatic heterocycles. The first-order chi connectivity index (χ1) is 16.2. The molecule has 0 aliphatic carbocycles. The molecule has 34 heavy (non-hydrogen) atoms. The van der Waals surface area contributed by atoms with Crippen molar-refractivity contribution >= 4 is 45.5 Å². The van der Waals surface area contributed by atoms with Crippen LogP contribution in [0.25, 0.3) is 0 Å². The van der Waals surface area contributed by atoms with E-state index in [2.05, 4.69) is 30.4 Å². The number of aliphatic imine (C=N–C) groups is 1. The second-order valence-corrected chi connectivity index (χ2v) is 7.76. The summed E-state index contributed by atoms with van der Waals surface area (Å²) in [6.07, 6.45) is -1.98. The molecule has 0 aliphatic heterocycles. The summed E-state index contributed by atoms with van der Waals surface area (Å²) in [7, 11) is -0.777. The topological polar surface area (TPSA) is 171 Å². The Bertz CT molecular complexity index is 1170. The van der Waals surface area contributed by atoms with Crippen LogP contribution in [0, 0.1) is 0 Å². The number of carbonyl (C=O) groups excluding carboxylic acids is 3. The Kier molecular flexibility index (Phi) is 9.34. The van der Waals surface area contributed by atoms with Crippen LogP contribution in [0.1, 0.15) is 0 Å². The van der Waals surface area contributed by atoms with Crippen molar-refractivity contribution in [3.05, 3.63) is 48.5 Å². The molecule has 0 saturated heterocycles. The molecule has 0 radical (unpaired) electrons. The lowest BCUT2D eigenvalue weighted by Crippen LogP contribution is -2.36. The highest BCUT2D eigenvalue weighted by atomic mass is 32.2. The van der Waals surface area contributed by atoms with Crippen LogP contribution in [-0.2, 0) is 29.1 Å². The first-order valence-electron chi connectivity index (χ1n) is 9.39. The first-order valence-corrected chi connectivity index (χ1v) is 10.8. The van der Waals surface area contributed by atoms with Gasteiger partial charge in [0.15, 0.2) is 5.75 Å². The number of rotatable bonds is 7. The number of nitrogens with one attached hydrogen (secondary N) is 3. The summed E-state index contributed by atoms with van der Waals surface area (Å²) in [6, 6.07) is 11.3. The Hall–Kier alpha value is -4.17. The summed E-state index contributed by atoms with van der Waals surface area (Å²) in [6.45, 7) is -0.288. The number of hydrogen-bond acceptors (Lipinski definition) is 9. The van der Waals surface area contributed by atoms with Gasteiger partial charge in [0.1, 0.15) is 11.5 Å². The van der Waals surface area contributed by atoms with Gasteiger partial charge in [-0.25, -0.2) is 9.59 Å². The average Bonchev–Trinajstić information content (AvgIpc) is 2.81. The molecule has 0 atom stereocenters. The van der Waals surface area contributed by atoms with Gasteiger partial charge in [0.05, 0.1) is 19.9 Å². The highest BCUT2D eigenvalue weighted by Gasteiger charge is 2.20. The van der Waals surface area contributed by atoms with Gasteiger partial charge in [0.25, 0.3) is 0 Å². The maximum Gasteiger partial charge on any atom is 0.436 e. The number of benzene rings is 2. The summed E-state index contributed by atoms with van der Waals surface area (Å²) in [5.41, 5.74) is 0.140. The number of anilines is 2. The highest BCUT2D eigenvalue weighted by Crippen LogP contribution is 2.31. The number of ether oxygens (including phenoxy) is 3. The smallest absolute Gasteiger partial charge is 0.436 e. The molecule has 0 saturated carbocycles. The quantitative estimate of drug-likeness (QED) is 0.293. The molecule has 3 N–H and O–H groups in total. The van der Waals surface area contributed by atoms with Gasteiger partial charge < -0.3 is 29.0 Å². The Balaban J connectivity index is 2.44. The molecule has 2 aromatic carbocycles. The zero-order valence-electron chi connectivity index (χ0n) is 18.4. The van der Waals surface area contributed by atoms with Crippen LogP contribution in [0.2, 0.25) is 0 Å². The van der Waals surface area contributed by atoms with E-state index in [9.17, 15) is 22.8 Å². The van der Waals surface area contributed by atoms with E-state index in [1.165, 1.54) is 49.6 Å². The van der Waals surface area contributed by atoms with Crippen molar-refractivity contribution in [2.45, 2.75) is 4.90 Å². The number of nitrogens with zero attached hydrogens (tertiary/aromatic N) is 1. The fraction of sp³-hybridized carbons (Fsp3) is 0.200. The van der Waals surface area contributed by atoms with Crippen molar-refractivity contribution in [3.8, 4) is 5.75 Å². The van der Waals surface area contributed by atoms with Crippen LogP contribution in [0.5, 0.6) is 5.75 Å². The van der Waals surface area contributed by atoms with Crippen LogP contribution >= 0.6 is 0 Å². The number of amides is 3. The molecule has 0 fully saturated rings. The monoisotopic (exact) mass is 494 g/mol. The third-order valence-electron chi connectivity index (χ3n) is 3.81. The van der Waals surface area contributed by atoms with E-state index in [1.54, 1.807) is 6.07 Å². The van der Waals surface area contributed by atoms with Gasteiger partial charge >= 0.3 is 22.3 Å². The summed E-state index contributed by atoms with van der Waals surface area (Å²) in [5, 5.41) is 7.25.